The average Bonchev–Trinajstić information content (AvgIpc) is 3.66. The molecular formula is C36H40N4O6. The molecule has 1 aliphatic rings. The quantitative estimate of drug-likeness (QED) is 0.151. The Balaban J connectivity index is 1.35. The van der Waals surface area contributed by atoms with Crippen molar-refractivity contribution in [1.29, 1.82) is 0 Å². The van der Waals surface area contributed by atoms with Gasteiger partial charge in [0.25, 0.3) is 0 Å². The van der Waals surface area contributed by atoms with Crippen molar-refractivity contribution in [2.45, 2.75) is 63.6 Å². The van der Waals surface area contributed by atoms with E-state index in [1.54, 1.807) is 24.3 Å². The van der Waals surface area contributed by atoms with Crippen LogP contribution < -0.4 is 11.1 Å². The molecule has 1 aliphatic heterocycles. The number of para-hydroxylation sites is 1. The summed E-state index contributed by atoms with van der Waals surface area (Å²) in [6.07, 6.45) is 1.49. The zero-order valence-electron chi connectivity index (χ0n) is 25.8. The Labute approximate surface area is 267 Å². The summed E-state index contributed by atoms with van der Waals surface area (Å²) in [7, 11) is 0. The third-order valence-electron chi connectivity index (χ3n) is 8.81. The topological polar surface area (TPSA) is 166 Å². The van der Waals surface area contributed by atoms with Gasteiger partial charge in [0.15, 0.2) is 5.78 Å². The van der Waals surface area contributed by atoms with E-state index in [1.807, 2.05) is 49.4 Å². The molecule has 1 saturated heterocycles. The molecule has 0 radical (unpaired) electrons. The maximum atomic E-state index is 13.9. The van der Waals surface area contributed by atoms with Crippen molar-refractivity contribution in [3.63, 3.8) is 0 Å². The van der Waals surface area contributed by atoms with Gasteiger partial charge < -0.3 is 31.1 Å². The van der Waals surface area contributed by atoms with Crippen molar-refractivity contribution in [2.75, 3.05) is 6.54 Å². The largest absolute Gasteiger partial charge is 0.508 e. The Morgan fingerprint density at radius 2 is 1.61 bits per heavy atom. The highest BCUT2D eigenvalue weighted by molar-refractivity contribution is 5.95. The van der Waals surface area contributed by atoms with Gasteiger partial charge in [0, 0.05) is 41.9 Å². The van der Waals surface area contributed by atoms with E-state index >= 15 is 0 Å². The number of phenolic OH excluding ortho intramolecular Hbond substituents is 1. The number of aromatic nitrogens is 1. The molecule has 46 heavy (non-hydrogen) atoms. The molecule has 5 rings (SSSR count). The van der Waals surface area contributed by atoms with E-state index in [4.69, 9.17) is 5.73 Å². The lowest BCUT2D eigenvalue weighted by molar-refractivity contribution is -0.143. The maximum Gasteiger partial charge on any atom is 0.326 e. The fourth-order valence-corrected chi connectivity index (χ4v) is 6.37. The fourth-order valence-electron chi connectivity index (χ4n) is 6.37. The van der Waals surface area contributed by atoms with Gasteiger partial charge in [0.05, 0.1) is 12.1 Å². The molecule has 10 heteroatoms. The van der Waals surface area contributed by atoms with Gasteiger partial charge in [-0.3, -0.25) is 14.4 Å². The van der Waals surface area contributed by atoms with Crippen LogP contribution in [0.3, 0.4) is 0 Å². The number of nitrogens with one attached hydrogen (secondary N) is 2. The third-order valence-corrected chi connectivity index (χ3v) is 8.81. The number of H-pyrrole nitrogens is 1. The number of ketones is 1. The van der Waals surface area contributed by atoms with Crippen molar-refractivity contribution in [1.82, 2.24) is 15.2 Å². The Kier molecular flexibility index (Phi) is 10.2. The van der Waals surface area contributed by atoms with E-state index in [-0.39, 0.29) is 43.1 Å². The fraction of sp³-hybridized carbons (Fsp3) is 0.333. The molecule has 240 valence electrons. The zero-order chi connectivity index (χ0) is 32.8. The van der Waals surface area contributed by atoms with E-state index in [9.17, 15) is 29.4 Å². The summed E-state index contributed by atoms with van der Waals surface area (Å²) < 4.78 is 0. The lowest BCUT2D eigenvalue weighted by Gasteiger charge is -2.28. The summed E-state index contributed by atoms with van der Waals surface area (Å²) >= 11 is 0. The summed E-state index contributed by atoms with van der Waals surface area (Å²) in [5, 5.41) is 23.2. The number of Topliss-reactive ketones (excluding diaryl/α,β-unsaturated/α-hetero) is 1. The van der Waals surface area contributed by atoms with Gasteiger partial charge in [-0.05, 0) is 67.5 Å². The molecule has 6 N–H and O–H groups in total. The highest BCUT2D eigenvalue weighted by Crippen LogP contribution is 2.28. The monoisotopic (exact) mass is 624 g/mol. The number of amides is 2. The van der Waals surface area contributed by atoms with Crippen LogP contribution in [0.25, 0.3) is 10.9 Å². The molecule has 10 nitrogen and oxygen atoms in total. The second kappa shape index (κ2) is 14.4. The number of phenols is 1. The summed E-state index contributed by atoms with van der Waals surface area (Å²) in [6, 6.07) is 20.4. The van der Waals surface area contributed by atoms with Crippen LogP contribution in [-0.4, -0.2) is 68.3 Å². The number of nitrogens with two attached hydrogens (primary N) is 1. The predicted octanol–water partition coefficient (Wildman–Crippen LogP) is 3.67. The van der Waals surface area contributed by atoms with Gasteiger partial charge >= 0.3 is 5.97 Å². The van der Waals surface area contributed by atoms with Crippen LogP contribution in [0, 0.1) is 12.8 Å². The van der Waals surface area contributed by atoms with Crippen LogP contribution in [0.5, 0.6) is 5.75 Å². The molecular weight excluding hydrogens is 584 g/mol. The average molecular weight is 625 g/mol. The lowest BCUT2D eigenvalue weighted by Crippen LogP contribution is -2.50. The van der Waals surface area contributed by atoms with Crippen LogP contribution >= 0.6 is 0 Å². The molecule has 0 aliphatic carbocycles. The molecule has 1 aromatic heterocycles. The van der Waals surface area contributed by atoms with Crippen LogP contribution in [0.4, 0.5) is 0 Å². The summed E-state index contributed by atoms with van der Waals surface area (Å²) in [5.74, 6) is -3.04. The van der Waals surface area contributed by atoms with E-state index in [0.29, 0.717) is 19.4 Å². The minimum atomic E-state index is -1.18. The number of benzene rings is 3. The number of aromatic hydroxyl groups is 1. The van der Waals surface area contributed by atoms with E-state index < -0.39 is 35.9 Å². The van der Waals surface area contributed by atoms with Gasteiger partial charge in [-0.2, -0.15) is 0 Å². The highest BCUT2D eigenvalue weighted by atomic mass is 16.4. The van der Waals surface area contributed by atoms with Crippen LogP contribution in [-0.2, 0) is 38.4 Å². The van der Waals surface area contributed by atoms with E-state index in [1.165, 1.54) is 17.0 Å². The van der Waals surface area contributed by atoms with E-state index in [2.05, 4.69) is 10.3 Å². The molecule has 1 fully saturated rings. The van der Waals surface area contributed by atoms with Crippen molar-refractivity contribution in [3.8, 4) is 5.75 Å². The minimum Gasteiger partial charge on any atom is -0.508 e. The van der Waals surface area contributed by atoms with Gasteiger partial charge in [-0.15, -0.1) is 0 Å². The molecule has 0 saturated carbocycles. The summed E-state index contributed by atoms with van der Waals surface area (Å²) in [5.41, 5.74) is 10.5. The standard InChI is InChI=1S/C36H40N4O6/c1-22-28(27-10-5-6-11-30(27)38-22)20-25(34(43)39-31(36(45)46)19-23-8-3-2-4-9-23)21-33(42)32-12-7-17-40(32)35(44)29(37)18-24-13-15-26(41)16-14-24/h2-6,8-11,13-16,25,29,31-32,38,41H,7,12,17-21,37H2,1H3,(H,39,43)(H,45,46)/t25-,29+,31+,32+/m1/s1. The SMILES string of the molecule is Cc1[nH]c2ccccc2c1C[C@H](CC(=O)[C@@H]1CCCN1C(=O)[C@@H](N)Cc1ccc(O)cc1)C(=O)N[C@@H](Cc1ccccc1)C(=O)O. The van der Waals surface area contributed by atoms with Crippen molar-refractivity contribution in [2.24, 2.45) is 11.7 Å². The Morgan fingerprint density at radius 1 is 0.935 bits per heavy atom. The Morgan fingerprint density at radius 3 is 2.33 bits per heavy atom. The minimum absolute atomic E-state index is 0.0958. The first-order chi connectivity index (χ1) is 22.1. The number of hydrogen-bond donors (Lipinski definition) is 5. The van der Waals surface area contributed by atoms with Gasteiger partial charge in [-0.1, -0.05) is 60.7 Å². The lowest BCUT2D eigenvalue weighted by atomic mass is 9.89. The number of fused-ring (bicyclic) bond motifs is 1. The Bertz CT molecular complexity index is 1700. The van der Waals surface area contributed by atoms with Crippen LogP contribution in [0.15, 0.2) is 78.9 Å². The number of aliphatic carboxylic acids is 1. The number of rotatable bonds is 13. The number of likely N-dealkylation sites (tertiary alicyclic amines) is 1. The number of aromatic amines is 1. The van der Waals surface area contributed by atoms with Crippen LogP contribution in [0.2, 0.25) is 0 Å². The van der Waals surface area contributed by atoms with Gasteiger partial charge in [0.1, 0.15) is 11.8 Å². The zero-order valence-corrected chi connectivity index (χ0v) is 25.8. The Hall–Kier alpha value is -4.96. The predicted molar refractivity (Wildman–Crippen MR) is 174 cm³/mol. The van der Waals surface area contributed by atoms with Crippen LogP contribution in [0.1, 0.15) is 41.6 Å². The maximum absolute atomic E-state index is 13.9. The number of carboxylic acid groups (broad SMARTS) is 1. The normalized spacial score (nSPS) is 16.6. The first-order valence-electron chi connectivity index (χ1n) is 15.6. The number of carbonyl (C=O) groups excluding carboxylic acids is 3. The molecule has 3 aromatic carbocycles. The van der Waals surface area contributed by atoms with Gasteiger partial charge in [-0.25, -0.2) is 4.79 Å². The first-order valence-corrected chi connectivity index (χ1v) is 15.6. The molecule has 0 unspecified atom stereocenters. The number of aryl methyl sites for hydroxylation is 1. The summed E-state index contributed by atoms with van der Waals surface area (Å²) in [6.45, 7) is 2.30. The number of carbonyl (C=O) groups is 4. The number of carboxylic acids is 1. The highest BCUT2D eigenvalue weighted by Gasteiger charge is 2.38. The number of hydrogen-bond acceptors (Lipinski definition) is 6. The third kappa shape index (κ3) is 7.63. The second-order valence-electron chi connectivity index (χ2n) is 12.1. The molecule has 0 spiro atoms. The van der Waals surface area contributed by atoms with Crippen molar-refractivity contribution in [3.05, 3.63) is 101 Å². The van der Waals surface area contributed by atoms with Crippen molar-refractivity contribution >= 4 is 34.5 Å². The molecule has 2 amide bonds. The molecule has 4 aromatic rings. The smallest absolute Gasteiger partial charge is 0.326 e. The van der Waals surface area contributed by atoms with E-state index in [0.717, 1.165) is 33.3 Å². The molecule has 4 atom stereocenters. The van der Waals surface area contributed by atoms with Gasteiger partial charge in [0.2, 0.25) is 11.8 Å². The molecule has 0 bridgehead atoms. The second-order valence-corrected chi connectivity index (χ2v) is 12.1. The number of nitrogens with zero attached hydrogens (tertiary/aromatic N) is 1. The first kappa shape index (κ1) is 32.4. The summed E-state index contributed by atoms with van der Waals surface area (Å²) in [4.78, 5) is 58.3. The van der Waals surface area contributed by atoms with Crippen molar-refractivity contribution < 1.29 is 29.4 Å². The molecule has 2 heterocycles.